The Bertz CT molecular complexity index is 1640. The number of pyridine rings is 1. The molecule has 2 aromatic heterocycles. The molecule has 0 aliphatic rings. The maximum atomic E-state index is 13.6. The van der Waals surface area contributed by atoms with Crippen LogP contribution in [0.4, 0.5) is 14.5 Å². The summed E-state index contributed by atoms with van der Waals surface area (Å²) in [6.07, 6.45) is 3.66. The van der Waals surface area contributed by atoms with Gasteiger partial charge in [0.1, 0.15) is 18.6 Å². The van der Waals surface area contributed by atoms with Crippen molar-refractivity contribution in [3.8, 4) is 17.1 Å². The molecule has 5 rings (SSSR count). The van der Waals surface area contributed by atoms with Gasteiger partial charge in [0.15, 0.2) is 11.6 Å². The van der Waals surface area contributed by atoms with E-state index in [4.69, 9.17) is 4.74 Å². The summed E-state index contributed by atoms with van der Waals surface area (Å²) in [5.74, 6) is -1.34. The van der Waals surface area contributed by atoms with Crippen LogP contribution in [0.3, 0.4) is 0 Å². The molecule has 0 aliphatic carbocycles. The number of nitrogens with one attached hydrogen (secondary N) is 1. The zero-order valence-corrected chi connectivity index (χ0v) is 19.5. The van der Waals surface area contributed by atoms with E-state index < -0.39 is 17.9 Å². The first-order valence-electron chi connectivity index (χ1n) is 11.4. The lowest BCUT2D eigenvalue weighted by Crippen LogP contribution is -2.22. The number of aliphatic hydroxyl groups is 1. The van der Waals surface area contributed by atoms with Crippen LogP contribution in [0.1, 0.15) is 5.56 Å². The fourth-order valence-electron chi connectivity index (χ4n) is 4.00. The molecule has 2 N–H and O–H groups in total. The van der Waals surface area contributed by atoms with E-state index in [9.17, 15) is 18.7 Å². The van der Waals surface area contributed by atoms with Crippen LogP contribution in [-0.2, 0) is 6.61 Å². The lowest BCUT2D eigenvalue weighted by molar-refractivity contribution is 0.253. The Labute approximate surface area is 210 Å². The van der Waals surface area contributed by atoms with Gasteiger partial charge in [-0.1, -0.05) is 18.7 Å². The number of aromatic nitrogens is 3. The number of imidazole rings is 1. The molecule has 0 aliphatic heterocycles. The lowest BCUT2D eigenvalue weighted by Gasteiger charge is -2.11. The summed E-state index contributed by atoms with van der Waals surface area (Å²) in [5.41, 5.74) is 3.26. The van der Waals surface area contributed by atoms with Gasteiger partial charge < -0.3 is 15.2 Å². The summed E-state index contributed by atoms with van der Waals surface area (Å²) in [5, 5.41) is 12.7. The van der Waals surface area contributed by atoms with Gasteiger partial charge in [-0.05, 0) is 72.3 Å². The Morgan fingerprint density at radius 2 is 1.76 bits per heavy atom. The molecule has 2 heterocycles. The second-order valence-corrected chi connectivity index (χ2v) is 8.22. The summed E-state index contributed by atoms with van der Waals surface area (Å²) in [6.45, 7) is 3.61. The van der Waals surface area contributed by atoms with Crippen LogP contribution in [0.2, 0.25) is 0 Å². The van der Waals surface area contributed by atoms with Crippen LogP contribution in [-0.4, -0.2) is 25.5 Å². The van der Waals surface area contributed by atoms with Crippen molar-refractivity contribution >= 4 is 16.7 Å². The van der Waals surface area contributed by atoms with Crippen molar-refractivity contribution in [2.45, 2.75) is 12.8 Å². The predicted molar refractivity (Wildman–Crippen MR) is 137 cm³/mol. The third kappa shape index (κ3) is 4.85. The number of fused-ring (bicyclic) bond motifs is 1. The SMILES string of the molecule is C=CC(O)Nc1cccc(-n2c(=O)n(-c3ccc(OCc4ccc(F)c(F)c4)cc3)c3cnccc32)c1. The molecule has 9 heteroatoms. The molecule has 0 saturated heterocycles. The second-order valence-electron chi connectivity index (χ2n) is 8.22. The molecule has 3 aromatic carbocycles. The minimum atomic E-state index is -0.931. The molecule has 0 saturated carbocycles. The molecule has 1 unspecified atom stereocenters. The number of rotatable bonds is 8. The van der Waals surface area contributed by atoms with Crippen molar-refractivity contribution < 1.29 is 18.6 Å². The molecule has 0 bridgehead atoms. The first kappa shape index (κ1) is 24.0. The van der Waals surface area contributed by atoms with E-state index in [1.54, 1.807) is 76.1 Å². The number of ether oxygens (including phenoxy) is 1. The highest BCUT2D eigenvalue weighted by atomic mass is 19.2. The summed E-state index contributed by atoms with van der Waals surface area (Å²) in [4.78, 5) is 17.8. The molecule has 0 spiro atoms. The van der Waals surface area contributed by atoms with E-state index in [2.05, 4.69) is 16.9 Å². The van der Waals surface area contributed by atoms with Crippen LogP contribution in [0.15, 0.2) is 103 Å². The van der Waals surface area contributed by atoms with Gasteiger partial charge >= 0.3 is 5.69 Å². The number of hydrogen-bond donors (Lipinski definition) is 2. The largest absolute Gasteiger partial charge is 0.489 e. The first-order valence-corrected chi connectivity index (χ1v) is 11.4. The molecule has 5 aromatic rings. The lowest BCUT2D eigenvalue weighted by atomic mass is 10.2. The fraction of sp³-hybridized carbons (Fsp3) is 0.0714. The summed E-state index contributed by atoms with van der Waals surface area (Å²) >= 11 is 0. The molecule has 186 valence electrons. The average Bonchev–Trinajstić information content (AvgIpc) is 3.21. The molecular formula is C28H22F2N4O3. The van der Waals surface area contributed by atoms with Crippen LogP contribution in [0, 0.1) is 11.6 Å². The van der Waals surface area contributed by atoms with Gasteiger partial charge in [0.2, 0.25) is 0 Å². The average molecular weight is 501 g/mol. The van der Waals surface area contributed by atoms with Gasteiger partial charge in [-0.25, -0.2) is 13.6 Å². The Kier molecular flexibility index (Phi) is 6.53. The topological polar surface area (TPSA) is 81.3 Å². The maximum absolute atomic E-state index is 13.6. The zero-order valence-electron chi connectivity index (χ0n) is 19.5. The van der Waals surface area contributed by atoms with E-state index in [0.717, 1.165) is 12.1 Å². The van der Waals surface area contributed by atoms with Crippen molar-refractivity contribution in [1.82, 2.24) is 14.1 Å². The zero-order chi connectivity index (χ0) is 25.9. The van der Waals surface area contributed by atoms with Crippen LogP contribution >= 0.6 is 0 Å². The van der Waals surface area contributed by atoms with Crippen molar-refractivity contribution in [2.24, 2.45) is 0 Å². The molecule has 0 fully saturated rings. The smallest absolute Gasteiger partial charge is 0.338 e. The van der Waals surface area contributed by atoms with Crippen molar-refractivity contribution in [1.29, 1.82) is 0 Å². The van der Waals surface area contributed by atoms with Gasteiger partial charge in [0.05, 0.1) is 28.6 Å². The third-order valence-electron chi connectivity index (χ3n) is 5.77. The maximum Gasteiger partial charge on any atom is 0.338 e. The quantitative estimate of drug-likeness (QED) is 0.233. The third-order valence-corrected chi connectivity index (χ3v) is 5.77. The number of aliphatic hydroxyl groups excluding tert-OH is 1. The van der Waals surface area contributed by atoms with Crippen molar-refractivity contribution in [3.05, 3.63) is 126 Å². The van der Waals surface area contributed by atoms with Gasteiger partial charge in [0, 0.05) is 11.9 Å². The van der Waals surface area contributed by atoms with Crippen LogP contribution in [0.5, 0.6) is 5.75 Å². The Hall–Kier alpha value is -4.76. The molecular weight excluding hydrogens is 478 g/mol. The number of halogens is 2. The highest BCUT2D eigenvalue weighted by Gasteiger charge is 2.17. The standard InChI is InChI=1S/C28H22F2N4O3/c1-2-27(35)32-19-4-3-5-21(15-19)34-25-12-13-31-16-26(25)33(28(34)36)20-7-9-22(10-8-20)37-17-18-6-11-23(29)24(30)14-18/h2-16,27,32,35H,1,17H2. The van der Waals surface area contributed by atoms with Gasteiger partial charge in [-0.15, -0.1) is 0 Å². The number of anilines is 1. The summed E-state index contributed by atoms with van der Waals surface area (Å²) in [6, 6.07) is 19.3. The van der Waals surface area contributed by atoms with Gasteiger partial charge in [-0.3, -0.25) is 14.1 Å². The highest BCUT2D eigenvalue weighted by molar-refractivity contribution is 5.79. The molecule has 0 amide bonds. The Morgan fingerprint density at radius 1 is 0.973 bits per heavy atom. The van der Waals surface area contributed by atoms with E-state index in [1.165, 1.54) is 12.1 Å². The van der Waals surface area contributed by atoms with E-state index in [0.29, 0.717) is 39.4 Å². The van der Waals surface area contributed by atoms with Crippen molar-refractivity contribution in [2.75, 3.05) is 5.32 Å². The minimum absolute atomic E-state index is 0.0602. The predicted octanol–water partition coefficient (Wildman–Crippen LogP) is 4.95. The van der Waals surface area contributed by atoms with Crippen LogP contribution < -0.4 is 15.7 Å². The second kappa shape index (κ2) is 10.1. The molecule has 7 nitrogen and oxygen atoms in total. The van der Waals surface area contributed by atoms with Crippen LogP contribution in [0.25, 0.3) is 22.4 Å². The highest BCUT2D eigenvalue weighted by Crippen LogP contribution is 2.24. The number of benzene rings is 3. The number of hydrogen-bond acceptors (Lipinski definition) is 5. The van der Waals surface area contributed by atoms with Gasteiger partial charge in [0.25, 0.3) is 0 Å². The monoisotopic (exact) mass is 500 g/mol. The normalized spacial score (nSPS) is 11.9. The first-order chi connectivity index (χ1) is 17.9. The van der Waals surface area contributed by atoms with E-state index >= 15 is 0 Å². The summed E-state index contributed by atoms with van der Waals surface area (Å²) in [7, 11) is 0. The minimum Gasteiger partial charge on any atom is -0.489 e. The van der Waals surface area contributed by atoms with E-state index in [-0.39, 0.29) is 12.3 Å². The Balaban J connectivity index is 1.47. The number of nitrogens with zero attached hydrogens (tertiary/aromatic N) is 3. The van der Waals surface area contributed by atoms with Gasteiger partial charge in [-0.2, -0.15) is 0 Å². The van der Waals surface area contributed by atoms with Crippen molar-refractivity contribution in [3.63, 3.8) is 0 Å². The Morgan fingerprint density at radius 3 is 2.51 bits per heavy atom. The molecule has 1 atom stereocenters. The summed E-state index contributed by atoms with van der Waals surface area (Å²) < 4.78 is 35.4. The molecule has 0 radical (unpaired) electrons. The van der Waals surface area contributed by atoms with E-state index in [1.807, 2.05) is 0 Å². The fourth-order valence-corrected chi connectivity index (χ4v) is 4.00. The molecule has 37 heavy (non-hydrogen) atoms.